The van der Waals surface area contributed by atoms with Gasteiger partial charge in [-0.15, -0.1) is 0 Å². The lowest BCUT2D eigenvalue weighted by molar-refractivity contribution is 0.619. The van der Waals surface area contributed by atoms with Crippen LogP contribution in [0.2, 0.25) is 0 Å². The second-order valence-electron chi connectivity index (χ2n) is 11.1. The Balaban J connectivity index is 1.12. The molecule has 0 spiro atoms. The maximum absolute atomic E-state index is 5.98. The maximum atomic E-state index is 5.98. The molecule has 0 radical (unpaired) electrons. The molecular weight excluding hydrogens is 598 g/mol. The van der Waals surface area contributed by atoms with Gasteiger partial charge in [0.05, 0.1) is 11.4 Å². The summed E-state index contributed by atoms with van der Waals surface area (Å²) in [5.41, 5.74) is 8.52. The van der Waals surface area contributed by atoms with Gasteiger partial charge < -0.3 is 8.83 Å². The molecule has 0 N–H and O–H groups in total. The lowest BCUT2D eigenvalue weighted by Gasteiger charge is -2.09. The summed E-state index contributed by atoms with van der Waals surface area (Å²) < 4.78 is 12.0. The molecule has 0 bridgehead atoms. The summed E-state index contributed by atoms with van der Waals surface area (Å²) in [6.45, 7) is 0. The minimum atomic E-state index is 0.443. The van der Waals surface area contributed by atoms with Gasteiger partial charge in [-0.2, -0.15) is 0 Å². The molecule has 5 heterocycles. The van der Waals surface area contributed by atoms with Gasteiger partial charge in [0.25, 0.3) is 0 Å². The summed E-state index contributed by atoms with van der Waals surface area (Å²) in [5.74, 6) is 2.56. The Kier molecular flexibility index (Phi) is 6.57. The Morgan fingerprint density at radius 3 is 1.35 bits per heavy atom. The topological polar surface area (TPSA) is 117 Å². The SMILES string of the molecule is c1ccc(-c2cccc(-c3nc(-c4ccc(-c5nc6ccccc6o5)cc4)nc(-c4ccc(-c5nc6ccccc6o5)cc4)n3)n2)nc1. The molecule has 0 saturated carbocycles. The molecule has 226 valence electrons. The van der Waals surface area contributed by atoms with Crippen LogP contribution in [0.4, 0.5) is 0 Å². The van der Waals surface area contributed by atoms with E-state index in [9.17, 15) is 0 Å². The van der Waals surface area contributed by atoms with Crippen molar-refractivity contribution in [2.75, 3.05) is 0 Å². The first-order valence-electron chi connectivity index (χ1n) is 15.3. The number of pyridine rings is 2. The fourth-order valence-electron chi connectivity index (χ4n) is 5.48. The minimum absolute atomic E-state index is 0.443. The molecule has 0 aliphatic carbocycles. The van der Waals surface area contributed by atoms with E-state index in [4.69, 9.17) is 28.8 Å². The van der Waals surface area contributed by atoms with Crippen LogP contribution in [0, 0.1) is 0 Å². The minimum Gasteiger partial charge on any atom is -0.436 e. The van der Waals surface area contributed by atoms with Crippen molar-refractivity contribution in [3.63, 3.8) is 0 Å². The van der Waals surface area contributed by atoms with Gasteiger partial charge in [-0.25, -0.2) is 29.9 Å². The zero-order chi connectivity index (χ0) is 31.9. The molecule has 9 rings (SSSR count). The van der Waals surface area contributed by atoms with Crippen molar-refractivity contribution in [1.82, 2.24) is 34.9 Å². The summed E-state index contributed by atoms with van der Waals surface area (Å²) in [6.07, 6.45) is 1.75. The van der Waals surface area contributed by atoms with Crippen LogP contribution < -0.4 is 0 Å². The Hall–Kier alpha value is -6.87. The van der Waals surface area contributed by atoms with Crippen LogP contribution >= 0.6 is 0 Å². The maximum Gasteiger partial charge on any atom is 0.227 e. The van der Waals surface area contributed by atoms with Gasteiger partial charge in [0, 0.05) is 28.5 Å². The van der Waals surface area contributed by atoms with Crippen molar-refractivity contribution in [2.24, 2.45) is 0 Å². The summed E-state index contributed by atoms with van der Waals surface area (Å²) in [6, 6.07) is 42.6. The Morgan fingerprint density at radius 1 is 0.333 bits per heavy atom. The first-order chi connectivity index (χ1) is 23.7. The van der Waals surface area contributed by atoms with Crippen molar-refractivity contribution in [1.29, 1.82) is 0 Å². The van der Waals surface area contributed by atoms with Crippen LogP contribution in [0.1, 0.15) is 0 Å². The van der Waals surface area contributed by atoms with Crippen molar-refractivity contribution >= 4 is 22.2 Å². The van der Waals surface area contributed by atoms with Crippen molar-refractivity contribution < 1.29 is 8.83 Å². The molecule has 0 atom stereocenters. The smallest absolute Gasteiger partial charge is 0.227 e. The lowest BCUT2D eigenvalue weighted by atomic mass is 10.1. The highest BCUT2D eigenvalue weighted by atomic mass is 16.4. The quantitative estimate of drug-likeness (QED) is 0.179. The predicted molar refractivity (Wildman–Crippen MR) is 183 cm³/mol. The van der Waals surface area contributed by atoms with E-state index in [0.29, 0.717) is 34.9 Å². The van der Waals surface area contributed by atoms with Crippen molar-refractivity contribution in [3.05, 3.63) is 140 Å². The third-order valence-electron chi connectivity index (χ3n) is 7.91. The molecule has 4 aromatic carbocycles. The van der Waals surface area contributed by atoms with Crippen LogP contribution in [0.5, 0.6) is 0 Å². The molecule has 0 saturated heterocycles. The molecule has 48 heavy (non-hydrogen) atoms. The molecule has 5 aromatic heterocycles. The Labute approximate surface area is 273 Å². The molecule has 0 aliphatic rings. The fourth-order valence-corrected chi connectivity index (χ4v) is 5.48. The van der Waals surface area contributed by atoms with Crippen molar-refractivity contribution in [3.8, 4) is 68.6 Å². The number of fused-ring (bicyclic) bond motifs is 2. The van der Waals surface area contributed by atoms with E-state index in [1.165, 1.54) is 0 Å². The number of aromatic nitrogens is 7. The summed E-state index contributed by atoms with van der Waals surface area (Å²) in [4.78, 5) is 33.3. The number of oxazole rings is 2. The second kappa shape index (κ2) is 11.5. The van der Waals surface area contributed by atoms with Crippen molar-refractivity contribution in [2.45, 2.75) is 0 Å². The highest BCUT2D eigenvalue weighted by Gasteiger charge is 2.16. The predicted octanol–water partition coefficient (Wildman–Crippen LogP) is 8.95. The molecule has 9 heteroatoms. The highest BCUT2D eigenvalue weighted by molar-refractivity contribution is 5.78. The van der Waals surface area contributed by atoms with Gasteiger partial charge in [0.15, 0.2) is 28.6 Å². The summed E-state index contributed by atoms with van der Waals surface area (Å²) in [7, 11) is 0. The van der Waals surface area contributed by atoms with E-state index < -0.39 is 0 Å². The first-order valence-corrected chi connectivity index (χ1v) is 15.3. The van der Waals surface area contributed by atoms with Gasteiger partial charge in [-0.05, 0) is 72.8 Å². The average molecular weight is 622 g/mol. The van der Waals surface area contributed by atoms with Gasteiger partial charge >= 0.3 is 0 Å². The zero-order valence-electron chi connectivity index (χ0n) is 25.2. The molecule has 9 aromatic rings. The number of para-hydroxylation sites is 4. The van der Waals surface area contributed by atoms with Gasteiger partial charge in [0.2, 0.25) is 11.8 Å². The molecule has 0 fully saturated rings. The third-order valence-corrected chi connectivity index (χ3v) is 7.91. The number of benzene rings is 4. The van der Waals surface area contributed by atoms with E-state index in [1.807, 2.05) is 133 Å². The summed E-state index contributed by atoms with van der Waals surface area (Å²) >= 11 is 0. The Morgan fingerprint density at radius 2 is 0.812 bits per heavy atom. The lowest BCUT2D eigenvalue weighted by Crippen LogP contribution is -2.01. The Bertz CT molecular complexity index is 2360. The zero-order valence-corrected chi connectivity index (χ0v) is 25.2. The number of hydrogen-bond donors (Lipinski definition) is 0. The molecule has 0 amide bonds. The van der Waals surface area contributed by atoms with Gasteiger partial charge in [-0.3, -0.25) is 4.98 Å². The highest BCUT2D eigenvalue weighted by Crippen LogP contribution is 2.30. The third kappa shape index (κ3) is 5.15. The normalized spacial score (nSPS) is 11.3. The number of nitrogens with zero attached hydrogens (tertiary/aromatic N) is 7. The molecule has 0 aliphatic heterocycles. The van der Waals surface area contributed by atoms with Crippen LogP contribution in [0.25, 0.3) is 90.8 Å². The van der Waals surface area contributed by atoms with Crippen LogP contribution in [0.15, 0.2) is 148 Å². The van der Waals surface area contributed by atoms with E-state index in [1.54, 1.807) is 6.20 Å². The first kappa shape index (κ1) is 27.4. The monoisotopic (exact) mass is 621 g/mol. The molecular formula is C39H23N7O2. The van der Waals surface area contributed by atoms with Crippen LogP contribution in [-0.4, -0.2) is 34.9 Å². The largest absolute Gasteiger partial charge is 0.436 e. The van der Waals surface area contributed by atoms with Crippen LogP contribution in [0.3, 0.4) is 0 Å². The van der Waals surface area contributed by atoms with Gasteiger partial charge in [-0.1, -0.05) is 60.7 Å². The average Bonchev–Trinajstić information content (AvgIpc) is 3.80. The molecule has 0 unspecified atom stereocenters. The van der Waals surface area contributed by atoms with E-state index in [-0.39, 0.29) is 0 Å². The van der Waals surface area contributed by atoms with E-state index in [0.717, 1.165) is 55.8 Å². The standard InChI is InChI=1S/C39H23N7O2/c1-3-13-33-30(9-1)42-38(47-33)26-19-15-24(16-20-26)35-44-36(25-17-21-27(22-18-25)39-43-31-10-2-4-14-34(31)48-39)46-37(45-35)32-12-7-11-29(41-32)28-8-5-6-23-40-28/h1-23H. The van der Waals surface area contributed by atoms with Crippen LogP contribution in [-0.2, 0) is 0 Å². The summed E-state index contributed by atoms with van der Waals surface area (Å²) in [5, 5.41) is 0. The number of rotatable bonds is 6. The second-order valence-corrected chi connectivity index (χ2v) is 11.1. The number of hydrogen-bond acceptors (Lipinski definition) is 9. The molecule has 9 nitrogen and oxygen atoms in total. The fraction of sp³-hybridized carbons (Fsp3) is 0. The van der Waals surface area contributed by atoms with E-state index >= 15 is 0 Å². The van der Waals surface area contributed by atoms with Gasteiger partial charge in [0.1, 0.15) is 16.7 Å². The van der Waals surface area contributed by atoms with E-state index in [2.05, 4.69) is 15.0 Å².